The van der Waals surface area contributed by atoms with Gasteiger partial charge in [0, 0.05) is 0 Å². The van der Waals surface area contributed by atoms with Crippen molar-refractivity contribution in [2.24, 2.45) is 58.7 Å². The molecule has 3 aliphatic rings. The third kappa shape index (κ3) is 13.9. The highest BCUT2D eigenvalue weighted by Crippen LogP contribution is 2.50. The topological polar surface area (TPSA) is 0 Å². The Morgan fingerprint density at radius 2 is 1.30 bits per heavy atom. The summed E-state index contributed by atoms with van der Waals surface area (Å²) in [5, 5.41) is 0. The second kappa shape index (κ2) is 22.5. The van der Waals surface area contributed by atoms with Crippen molar-refractivity contribution < 1.29 is 0 Å². The van der Waals surface area contributed by atoms with Crippen LogP contribution in [0.1, 0.15) is 222 Å². The van der Waals surface area contributed by atoms with E-state index in [4.69, 9.17) is 0 Å². The fourth-order valence-corrected chi connectivity index (χ4v) is 10.7. The van der Waals surface area contributed by atoms with Gasteiger partial charge in [-0.15, -0.1) is 0 Å². The van der Waals surface area contributed by atoms with Crippen molar-refractivity contribution in [3.05, 3.63) is 12.2 Å². The van der Waals surface area contributed by atoms with Crippen LogP contribution in [-0.4, -0.2) is 0 Å². The van der Waals surface area contributed by atoms with Crippen LogP contribution in [0.25, 0.3) is 0 Å². The lowest BCUT2D eigenvalue weighted by Gasteiger charge is -2.44. The molecule has 0 bridgehead atoms. The molecule has 0 aromatic carbocycles. The Balaban J connectivity index is 1.34. The van der Waals surface area contributed by atoms with Gasteiger partial charge in [-0.25, -0.2) is 0 Å². The molecular formula is C46H86. The molecule has 0 heteroatoms. The first kappa shape index (κ1) is 40.2. The maximum Gasteiger partial charge on any atom is -0.0234 e. The summed E-state index contributed by atoms with van der Waals surface area (Å²) < 4.78 is 0. The molecule has 0 radical (unpaired) electrons. The summed E-state index contributed by atoms with van der Waals surface area (Å²) in [6.07, 6.45) is 44.9. The molecule has 10 atom stereocenters. The maximum atomic E-state index is 2.70. The molecule has 0 spiro atoms. The summed E-state index contributed by atoms with van der Waals surface area (Å²) in [5.41, 5.74) is 0.602. The molecule has 3 rings (SSSR count). The summed E-state index contributed by atoms with van der Waals surface area (Å²) in [4.78, 5) is 0. The first-order valence-corrected chi connectivity index (χ1v) is 22.0. The number of hydrogen-bond donors (Lipinski definition) is 0. The van der Waals surface area contributed by atoms with Crippen molar-refractivity contribution in [3.63, 3.8) is 0 Å². The molecule has 0 aromatic rings. The van der Waals surface area contributed by atoms with Gasteiger partial charge in [-0.3, -0.25) is 0 Å². The predicted molar refractivity (Wildman–Crippen MR) is 207 cm³/mol. The van der Waals surface area contributed by atoms with Gasteiger partial charge in [0.05, 0.1) is 0 Å². The van der Waals surface area contributed by atoms with Crippen molar-refractivity contribution in [1.82, 2.24) is 0 Å². The number of rotatable bonds is 27. The van der Waals surface area contributed by atoms with Gasteiger partial charge in [0.1, 0.15) is 0 Å². The van der Waals surface area contributed by atoms with E-state index in [1.165, 1.54) is 148 Å². The Morgan fingerprint density at radius 1 is 0.609 bits per heavy atom. The van der Waals surface area contributed by atoms with Crippen LogP contribution in [0.2, 0.25) is 0 Å². The van der Waals surface area contributed by atoms with Crippen LogP contribution in [0.3, 0.4) is 0 Å². The van der Waals surface area contributed by atoms with Gasteiger partial charge >= 0.3 is 0 Å². The normalized spacial score (nSPS) is 30.6. The molecule has 0 N–H and O–H groups in total. The highest BCUT2D eigenvalue weighted by atomic mass is 14.4. The number of unbranched alkanes of at least 4 members (excludes halogenated alkanes) is 3. The van der Waals surface area contributed by atoms with Crippen LogP contribution < -0.4 is 0 Å². The molecule has 0 aliphatic heterocycles. The van der Waals surface area contributed by atoms with E-state index in [2.05, 4.69) is 60.6 Å². The molecule has 0 heterocycles. The smallest absolute Gasteiger partial charge is 0.0234 e. The lowest BCUT2D eigenvalue weighted by atomic mass is 9.62. The molecule has 0 amide bonds. The summed E-state index contributed by atoms with van der Waals surface area (Å²) in [5.74, 6) is 9.00. The van der Waals surface area contributed by atoms with Crippen LogP contribution >= 0.6 is 0 Å². The Morgan fingerprint density at radius 3 is 1.98 bits per heavy atom. The standard InChI is InChI=1S/C46H86/c1-8-12-21-39(19-9-2)22-16-23-40-30-31-41(40)26-18-35-46(7,34-10-3)36-44-33-32-42(44)24-17-25-43-29-28-38(6)45(43)27-15-13-14-20-37(5)11-4/h16,22,37-45H,8-15,17-21,23-36H2,1-7H3. The fourth-order valence-electron chi connectivity index (χ4n) is 10.7. The van der Waals surface area contributed by atoms with Crippen molar-refractivity contribution >= 4 is 0 Å². The van der Waals surface area contributed by atoms with E-state index in [9.17, 15) is 0 Å². The van der Waals surface area contributed by atoms with Crippen LogP contribution in [0.5, 0.6) is 0 Å². The lowest BCUT2D eigenvalue weighted by molar-refractivity contribution is 0.0747. The highest BCUT2D eigenvalue weighted by molar-refractivity contribution is 4.94. The molecule has 270 valence electrons. The number of allylic oxidation sites excluding steroid dienone is 2. The predicted octanol–water partition coefficient (Wildman–Crippen LogP) is 15.8. The van der Waals surface area contributed by atoms with Crippen molar-refractivity contribution in [2.75, 3.05) is 0 Å². The van der Waals surface area contributed by atoms with Crippen molar-refractivity contribution in [1.29, 1.82) is 0 Å². The van der Waals surface area contributed by atoms with Gasteiger partial charge in [-0.05, 0) is 136 Å². The minimum absolute atomic E-state index is 0.602. The fraction of sp³-hybridized carbons (Fsp3) is 0.957. The minimum Gasteiger partial charge on any atom is -0.0880 e. The first-order chi connectivity index (χ1) is 22.3. The molecule has 3 aliphatic carbocycles. The lowest BCUT2D eigenvalue weighted by Crippen LogP contribution is -2.32. The maximum absolute atomic E-state index is 2.70. The van der Waals surface area contributed by atoms with Crippen molar-refractivity contribution in [3.8, 4) is 0 Å². The number of hydrogen-bond acceptors (Lipinski definition) is 0. The summed E-state index contributed by atoms with van der Waals surface area (Å²) in [6, 6.07) is 0. The Kier molecular flexibility index (Phi) is 19.6. The van der Waals surface area contributed by atoms with E-state index in [1.54, 1.807) is 25.7 Å². The van der Waals surface area contributed by atoms with E-state index in [0.717, 1.165) is 53.3 Å². The third-order valence-electron chi connectivity index (χ3n) is 14.5. The quantitative estimate of drug-likeness (QED) is 0.0620. The second-order valence-electron chi connectivity index (χ2n) is 18.3. The summed E-state index contributed by atoms with van der Waals surface area (Å²) >= 11 is 0. The zero-order valence-electron chi connectivity index (χ0n) is 32.9. The average molecular weight is 639 g/mol. The Bertz CT molecular complexity index is 779. The van der Waals surface area contributed by atoms with E-state index in [-0.39, 0.29) is 0 Å². The van der Waals surface area contributed by atoms with Gasteiger partial charge in [0.2, 0.25) is 0 Å². The molecule has 0 aromatic heterocycles. The largest absolute Gasteiger partial charge is 0.0880 e. The highest BCUT2D eigenvalue weighted by Gasteiger charge is 2.38. The average Bonchev–Trinajstić information content (AvgIpc) is 3.38. The van der Waals surface area contributed by atoms with Gasteiger partial charge in [-0.2, -0.15) is 0 Å². The zero-order chi connectivity index (χ0) is 33.2. The van der Waals surface area contributed by atoms with E-state index in [0.29, 0.717) is 5.41 Å². The Hall–Kier alpha value is -0.260. The summed E-state index contributed by atoms with van der Waals surface area (Å²) in [7, 11) is 0. The van der Waals surface area contributed by atoms with Crippen LogP contribution in [0.15, 0.2) is 12.2 Å². The monoisotopic (exact) mass is 639 g/mol. The van der Waals surface area contributed by atoms with Crippen LogP contribution in [0, 0.1) is 58.7 Å². The third-order valence-corrected chi connectivity index (χ3v) is 14.5. The van der Waals surface area contributed by atoms with Gasteiger partial charge in [0.25, 0.3) is 0 Å². The molecule has 3 fully saturated rings. The van der Waals surface area contributed by atoms with Gasteiger partial charge < -0.3 is 0 Å². The molecule has 10 unspecified atom stereocenters. The molecule has 0 nitrogen and oxygen atoms in total. The minimum atomic E-state index is 0.602. The zero-order valence-corrected chi connectivity index (χ0v) is 32.9. The van der Waals surface area contributed by atoms with Gasteiger partial charge in [-0.1, -0.05) is 157 Å². The first-order valence-electron chi connectivity index (χ1n) is 22.0. The molecular weight excluding hydrogens is 553 g/mol. The Labute approximate surface area is 291 Å². The van der Waals surface area contributed by atoms with E-state index >= 15 is 0 Å². The van der Waals surface area contributed by atoms with Crippen LogP contribution in [0.4, 0.5) is 0 Å². The second-order valence-corrected chi connectivity index (χ2v) is 18.3. The van der Waals surface area contributed by atoms with Crippen molar-refractivity contribution in [2.45, 2.75) is 222 Å². The molecule has 0 saturated heterocycles. The molecule has 46 heavy (non-hydrogen) atoms. The molecule has 3 saturated carbocycles. The van der Waals surface area contributed by atoms with Gasteiger partial charge in [0.15, 0.2) is 0 Å². The van der Waals surface area contributed by atoms with E-state index < -0.39 is 0 Å². The van der Waals surface area contributed by atoms with Crippen LogP contribution in [-0.2, 0) is 0 Å². The SMILES string of the molecule is CCCCC(C=CCC1CCC1CCCC(C)(CCC)CC1CCC1CCCC1CCC(C)C1CCCCCC(C)CC)CCC. The van der Waals surface area contributed by atoms with E-state index in [1.807, 2.05) is 0 Å². The summed E-state index contributed by atoms with van der Waals surface area (Å²) in [6.45, 7) is 17.2.